The number of hydrogen-bond donors (Lipinski definition) is 1. The summed E-state index contributed by atoms with van der Waals surface area (Å²) in [6.45, 7) is 13.5. The zero-order valence-corrected chi connectivity index (χ0v) is 22.5. The van der Waals surface area contributed by atoms with Gasteiger partial charge in [0, 0.05) is 5.41 Å². The topological polar surface area (TPSA) is 40.5 Å². The summed E-state index contributed by atoms with van der Waals surface area (Å²) in [6.07, 6.45) is 0. The van der Waals surface area contributed by atoms with E-state index in [1.54, 1.807) is 23.9 Å². The molecule has 1 fully saturated rings. The molecule has 3 aromatic rings. The van der Waals surface area contributed by atoms with Crippen LogP contribution in [0.1, 0.15) is 64.3 Å². The van der Waals surface area contributed by atoms with Crippen molar-refractivity contribution in [3.8, 4) is 5.75 Å². The monoisotopic (exact) mass is 487 g/mol. The van der Waals surface area contributed by atoms with E-state index in [1.165, 1.54) is 0 Å². The van der Waals surface area contributed by atoms with E-state index in [-0.39, 0.29) is 33.8 Å². The molecule has 3 aromatic carbocycles. The Labute approximate surface area is 214 Å². The van der Waals surface area contributed by atoms with Gasteiger partial charge in [-0.05, 0) is 39.7 Å². The van der Waals surface area contributed by atoms with Gasteiger partial charge >= 0.3 is 0 Å². The zero-order valence-electron chi connectivity index (χ0n) is 21.7. The van der Waals surface area contributed by atoms with Gasteiger partial charge < -0.3 is 10.0 Å². The number of rotatable bonds is 5. The second-order valence-corrected chi connectivity index (χ2v) is 12.6. The smallest absolute Gasteiger partial charge is 0.238 e. The van der Waals surface area contributed by atoms with Crippen molar-refractivity contribution in [2.75, 3.05) is 5.88 Å². The number of amides is 1. The van der Waals surface area contributed by atoms with E-state index in [9.17, 15) is 9.90 Å². The fourth-order valence-corrected chi connectivity index (χ4v) is 8.39. The molecule has 4 rings (SSSR count). The highest BCUT2D eigenvalue weighted by Crippen LogP contribution is 2.60. The number of thioether (sulfide) groups is 1. The quantitative estimate of drug-likeness (QED) is 0.407. The highest BCUT2D eigenvalue weighted by Gasteiger charge is 2.61. The molecule has 1 aliphatic rings. The van der Waals surface area contributed by atoms with E-state index in [0.717, 1.165) is 16.7 Å². The zero-order chi connectivity index (χ0) is 25.4. The first kappa shape index (κ1) is 25.4. The molecule has 1 unspecified atom stereocenters. The van der Waals surface area contributed by atoms with Crippen LogP contribution in [0.2, 0.25) is 0 Å². The minimum Gasteiger partial charge on any atom is -0.508 e. The van der Waals surface area contributed by atoms with E-state index in [1.807, 2.05) is 48.5 Å². The lowest BCUT2D eigenvalue weighted by atomic mass is 9.49. The molecule has 0 aromatic heterocycles. The molecular formula is C31H37NO2S. The molecule has 1 aliphatic heterocycles. The summed E-state index contributed by atoms with van der Waals surface area (Å²) in [4.78, 5) is 16.6. The standard InChI is InChI=1S/C31H37NO2S/c1-29(2,3)31(30(4,5)6,24-17-19-25(33)20-18-24)27-28(34)32(21-35-27)26(22-13-9-7-10-14-22)23-15-11-8-12-16-23/h7-20,26-27,33H,21H2,1-6H3. The van der Waals surface area contributed by atoms with E-state index in [2.05, 4.69) is 70.7 Å². The Bertz CT molecular complexity index is 1090. The maximum atomic E-state index is 14.5. The van der Waals surface area contributed by atoms with Crippen molar-refractivity contribution in [3.05, 3.63) is 102 Å². The third-order valence-electron chi connectivity index (χ3n) is 7.51. The Hall–Kier alpha value is -2.72. The van der Waals surface area contributed by atoms with Gasteiger partial charge in [0.1, 0.15) is 5.75 Å². The molecule has 0 saturated carbocycles. The van der Waals surface area contributed by atoms with Crippen LogP contribution in [0.15, 0.2) is 84.9 Å². The van der Waals surface area contributed by atoms with Crippen LogP contribution < -0.4 is 0 Å². The van der Waals surface area contributed by atoms with E-state index < -0.39 is 5.41 Å². The lowest BCUT2D eigenvalue weighted by Gasteiger charge is -2.56. The summed E-state index contributed by atoms with van der Waals surface area (Å²) >= 11 is 1.75. The number of phenols is 1. The molecule has 1 atom stereocenters. The summed E-state index contributed by atoms with van der Waals surface area (Å²) in [5.74, 6) is 1.04. The summed E-state index contributed by atoms with van der Waals surface area (Å²) in [7, 11) is 0. The molecule has 1 amide bonds. The number of carbonyl (C=O) groups is 1. The highest BCUT2D eigenvalue weighted by molar-refractivity contribution is 8.01. The van der Waals surface area contributed by atoms with Crippen LogP contribution in [0.25, 0.3) is 0 Å². The summed E-state index contributed by atoms with van der Waals surface area (Å²) in [5.41, 5.74) is 2.42. The Morgan fingerprint density at radius 3 is 1.66 bits per heavy atom. The van der Waals surface area contributed by atoms with Crippen molar-refractivity contribution in [3.63, 3.8) is 0 Å². The largest absolute Gasteiger partial charge is 0.508 e. The van der Waals surface area contributed by atoms with E-state index >= 15 is 0 Å². The molecule has 4 heteroatoms. The number of aromatic hydroxyl groups is 1. The molecule has 1 N–H and O–H groups in total. The maximum Gasteiger partial charge on any atom is 0.238 e. The minimum atomic E-state index is -0.470. The molecular weight excluding hydrogens is 450 g/mol. The van der Waals surface area contributed by atoms with Crippen molar-refractivity contribution in [2.45, 2.75) is 58.2 Å². The molecule has 35 heavy (non-hydrogen) atoms. The third-order valence-corrected chi connectivity index (χ3v) is 8.83. The van der Waals surface area contributed by atoms with Gasteiger partial charge in [0.15, 0.2) is 0 Å². The Kier molecular flexibility index (Phi) is 6.80. The molecule has 1 saturated heterocycles. The van der Waals surface area contributed by atoms with Crippen molar-refractivity contribution >= 4 is 17.7 Å². The van der Waals surface area contributed by atoms with Crippen LogP contribution in [0.4, 0.5) is 0 Å². The maximum absolute atomic E-state index is 14.5. The van der Waals surface area contributed by atoms with E-state index in [0.29, 0.717) is 5.88 Å². The molecule has 3 nitrogen and oxygen atoms in total. The van der Waals surface area contributed by atoms with Crippen LogP contribution in [-0.4, -0.2) is 27.0 Å². The molecule has 0 spiro atoms. The van der Waals surface area contributed by atoms with Crippen molar-refractivity contribution in [2.24, 2.45) is 10.8 Å². The number of hydrogen-bond acceptors (Lipinski definition) is 3. The lowest BCUT2D eigenvalue weighted by molar-refractivity contribution is -0.134. The summed E-state index contributed by atoms with van der Waals surface area (Å²) in [5, 5.41) is 9.77. The van der Waals surface area contributed by atoms with Gasteiger partial charge in [-0.3, -0.25) is 4.79 Å². The average molecular weight is 488 g/mol. The van der Waals surface area contributed by atoms with Gasteiger partial charge in [0.05, 0.1) is 17.2 Å². The molecule has 184 valence electrons. The first-order valence-corrected chi connectivity index (χ1v) is 13.3. The number of carbonyl (C=O) groups excluding carboxylic acids is 1. The van der Waals surface area contributed by atoms with Crippen LogP contribution in [-0.2, 0) is 10.2 Å². The number of benzene rings is 3. The van der Waals surface area contributed by atoms with Crippen molar-refractivity contribution < 1.29 is 9.90 Å². The fourth-order valence-electron chi connectivity index (χ4n) is 6.43. The molecule has 1 heterocycles. The van der Waals surface area contributed by atoms with Crippen LogP contribution >= 0.6 is 11.8 Å². The van der Waals surface area contributed by atoms with Gasteiger partial charge in [0.25, 0.3) is 0 Å². The van der Waals surface area contributed by atoms with Gasteiger partial charge in [-0.2, -0.15) is 0 Å². The summed E-state index contributed by atoms with van der Waals surface area (Å²) < 4.78 is 0. The van der Waals surface area contributed by atoms with Crippen molar-refractivity contribution in [1.29, 1.82) is 0 Å². The van der Waals surface area contributed by atoms with Crippen LogP contribution in [0, 0.1) is 10.8 Å². The first-order chi connectivity index (χ1) is 16.5. The van der Waals surface area contributed by atoms with Gasteiger partial charge in [-0.1, -0.05) is 114 Å². The first-order valence-electron chi connectivity index (χ1n) is 12.3. The van der Waals surface area contributed by atoms with Gasteiger partial charge in [-0.15, -0.1) is 11.8 Å². The Morgan fingerprint density at radius 1 is 0.771 bits per heavy atom. The second kappa shape index (κ2) is 9.39. The minimum absolute atomic E-state index is 0.139. The Morgan fingerprint density at radius 2 is 1.23 bits per heavy atom. The number of phenolic OH excluding ortho intramolecular Hbond substituents is 1. The van der Waals surface area contributed by atoms with Gasteiger partial charge in [0.2, 0.25) is 5.91 Å². The van der Waals surface area contributed by atoms with Gasteiger partial charge in [-0.25, -0.2) is 0 Å². The summed E-state index contributed by atoms with van der Waals surface area (Å²) in [6, 6.07) is 28.0. The molecule has 0 aliphatic carbocycles. The lowest BCUT2D eigenvalue weighted by Crippen LogP contribution is -2.59. The predicted octanol–water partition coefficient (Wildman–Crippen LogP) is 7.41. The SMILES string of the molecule is CC(C)(C)C(c1ccc(O)cc1)(C1SCN(C(c2ccccc2)c2ccccc2)C1=O)C(C)(C)C. The third kappa shape index (κ3) is 4.38. The molecule has 0 bridgehead atoms. The number of nitrogens with zero attached hydrogens (tertiary/aromatic N) is 1. The highest BCUT2D eigenvalue weighted by atomic mass is 32.2. The normalized spacial score (nSPS) is 17.3. The van der Waals surface area contributed by atoms with E-state index in [4.69, 9.17) is 0 Å². The second-order valence-electron chi connectivity index (χ2n) is 11.6. The van der Waals surface area contributed by atoms with Crippen molar-refractivity contribution in [1.82, 2.24) is 4.90 Å². The Balaban J connectivity index is 1.86. The fraction of sp³-hybridized carbons (Fsp3) is 0.387. The average Bonchev–Trinajstić information content (AvgIpc) is 3.16. The predicted molar refractivity (Wildman–Crippen MR) is 147 cm³/mol. The molecule has 0 radical (unpaired) electrons. The van der Waals surface area contributed by atoms with Crippen LogP contribution in [0.5, 0.6) is 5.75 Å². The van der Waals surface area contributed by atoms with Crippen LogP contribution in [0.3, 0.4) is 0 Å².